The molecule has 2 heterocycles. The summed E-state index contributed by atoms with van der Waals surface area (Å²) in [6, 6.07) is 0.179. The average molecular weight is 307 g/mol. The van der Waals surface area contributed by atoms with Crippen molar-refractivity contribution in [2.75, 3.05) is 13.1 Å². The van der Waals surface area contributed by atoms with Gasteiger partial charge in [-0.15, -0.1) is 0 Å². The Morgan fingerprint density at radius 1 is 1.41 bits per heavy atom. The third-order valence-electron chi connectivity index (χ3n) is 4.54. The Morgan fingerprint density at radius 3 is 2.55 bits per heavy atom. The zero-order valence-corrected chi connectivity index (χ0v) is 13.6. The van der Waals surface area contributed by atoms with E-state index >= 15 is 0 Å². The minimum Gasteiger partial charge on any atom is -0.478 e. The van der Waals surface area contributed by atoms with Crippen molar-refractivity contribution >= 4 is 11.9 Å². The van der Waals surface area contributed by atoms with Crippen LogP contribution in [0.1, 0.15) is 61.6 Å². The summed E-state index contributed by atoms with van der Waals surface area (Å²) in [6.07, 6.45) is 5.02. The highest BCUT2D eigenvalue weighted by atomic mass is 16.4. The van der Waals surface area contributed by atoms with Gasteiger partial charge >= 0.3 is 5.97 Å². The summed E-state index contributed by atoms with van der Waals surface area (Å²) in [4.78, 5) is 25.3. The van der Waals surface area contributed by atoms with Gasteiger partial charge in [-0.05, 0) is 26.2 Å². The Labute approximate surface area is 131 Å². The molecule has 0 radical (unpaired) electrons. The average Bonchev–Trinajstić information content (AvgIpc) is 2.89. The number of amides is 1. The third kappa shape index (κ3) is 3.31. The minimum atomic E-state index is -0.940. The predicted octanol–water partition coefficient (Wildman–Crippen LogP) is 2.49. The molecule has 6 nitrogen and oxygen atoms in total. The fourth-order valence-electron chi connectivity index (χ4n) is 3.20. The first-order chi connectivity index (χ1) is 10.5. The molecule has 1 unspecified atom stereocenters. The van der Waals surface area contributed by atoms with Crippen LogP contribution in [0.15, 0.2) is 6.20 Å². The van der Waals surface area contributed by atoms with E-state index in [2.05, 4.69) is 12.0 Å². The molecule has 1 N–H and O–H groups in total. The molecule has 1 atom stereocenters. The largest absolute Gasteiger partial charge is 0.478 e. The first kappa shape index (κ1) is 16.5. The first-order valence-corrected chi connectivity index (χ1v) is 8.01. The van der Waals surface area contributed by atoms with Crippen LogP contribution in [-0.4, -0.2) is 44.8 Å². The number of rotatable bonds is 5. The highest BCUT2D eigenvalue weighted by Gasteiger charge is 2.28. The van der Waals surface area contributed by atoms with Crippen molar-refractivity contribution in [3.63, 3.8) is 0 Å². The number of aromatic carboxylic acids is 1. The van der Waals surface area contributed by atoms with Crippen molar-refractivity contribution in [2.24, 2.45) is 5.92 Å². The van der Waals surface area contributed by atoms with Gasteiger partial charge in [0.15, 0.2) is 0 Å². The topological polar surface area (TPSA) is 75.4 Å². The first-order valence-electron chi connectivity index (χ1n) is 8.01. The van der Waals surface area contributed by atoms with Gasteiger partial charge in [-0.2, -0.15) is 5.10 Å². The molecule has 1 aliphatic rings. The summed E-state index contributed by atoms with van der Waals surface area (Å²) in [5.74, 6) is -0.611. The van der Waals surface area contributed by atoms with E-state index in [1.54, 1.807) is 11.6 Å². The number of hydrogen-bond acceptors (Lipinski definition) is 3. The van der Waals surface area contributed by atoms with Crippen LogP contribution in [0, 0.1) is 12.8 Å². The van der Waals surface area contributed by atoms with Gasteiger partial charge in [0.05, 0.1) is 17.9 Å². The van der Waals surface area contributed by atoms with Crippen LogP contribution in [0.2, 0.25) is 0 Å². The molecule has 2 rings (SSSR count). The van der Waals surface area contributed by atoms with Gasteiger partial charge in [-0.3, -0.25) is 9.48 Å². The molecule has 22 heavy (non-hydrogen) atoms. The molecule has 0 saturated carbocycles. The van der Waals surface area contributed by atoms with Gasteiger partial charge < -0.3 is 10.0 Å². The maximum atomic E-state index is 12.3. The zero-order valence-electron chi connectivity index (χ0n) is 13.6. The minimum absolute atomic E-state index is 0.0894. The molecule has 6 heteroatoms. The Hall–Kier alpha value is -1.85. The second-order valence-corrected chi connectivity index (χ2v) is 6.14. The molecule has 1 saturated heterocycles. The molecule has 1 aromatic heterocycles. The van der Waals surface area contributed by atoms with E-state index in [4.69, 9.17) is 5.11 Å². The Balaban J connectivity index is 1.98. The summed E-state index contributed by atoms with van der Waals surface area (Å²) < 4.78 is 1.81. The molecule has 1 aromatic rings. The number of hydrogen-bond donors (Lipinski definition) is 1. The van der Waals surface area contributed by atoms with Gasteiger partial charge in [0.2, 0.25) is 5.91 Å². The summed E-state index contributed by atoms with van der Waals surface area (Å²) in [6.45, 7) is 7.32. The van der Waals surface area contributed by atoms with Crippen molar-refractivity contribution < 1.29 is 14.7 Å². The second-order valence-electron chi connectivity index (χ2n) is 6.14. The van der Waals surface area contributed by atoms with E-state index in [1.807, 2.05) is 11.8 Å². The van der Waals surface area contributed by atoms with Crippen LogP contribution in [0.5, 0.6) is 0 Å². The normalized spacial score (nSPS) is 17.5. The van der Waals surface area contributed by atoms with Crippen molar-refractivity contribution in [2.45, 2.75) is 52.5 Å². The molecule has 1 aliphatic heterocycles. The van der Waals surface area contributed by atoms with Crippen molar-refractivity contribution in [1.82, 2.24) is 14.7 Å². The highest BCUT2D eigenvalue weighted by molar-refractivity contribution is 5.88. The molecular formula is C16H25N3O3. The quantitative estimate of drug-likeness (QED) is 0.907. The fourth-order valence-corrected chi connectivity index (χ4v) is 3.20. The number of carbonyl (C=O) groups excluding carboxylic acids is 1. The van der Waals surface area contributed by atoms with Gasteiger partial charge in [-0.25, -0.2) is 4.79 Å². The molecule has 1 amide bonds. The lowest BCUT2D eigenvalue weighted by Crippen LogP contribution is -2.41. The Kier molecular flexibility index (Phi) is 5.21. The zero-order chi connectivity index (χ0) is 16.3. The van der Waals surface area contributed by atoms with Gasteiger partial charge in [-0.1, -0.05) is 20.3 Å². The Bertz CT molecular complexity index is 545. The summed E-state index contributed by atoms with van der Waals surface area (Å²) >= 11 is 0. The molecule has 0 bridgehead atoms. The van der Waals surface area contributed by atoms with Crippen LogP contribution in [-0.2, 0) is 4.79 Å². The van der Waals surface area contributed by atoms with Crippen LogP contribution in [0.3, 0.4) is 0 Å². The number of carboxylic acid groups (broad SMARTS) is 1. The molecule has 0 aromatic carbocycles. The van der Waals surface area contributed by atoms with E-state index in [9.17, 15) is 9.59 Å². The van der Waals surface area contributed by atoms with E-state index in [0.717, 1.165) is 38.8 Å². The maximum Gasteiger partial charge on any atom is 0.339 e. The number of carboxylic acids is 1. The Morgan fingerprint density at radius 2 is 2.05 bits per heavy atom. The SMILES string of the molecule is CCCC(C)C(=O)N1CCC(n2ncc(C(=O)O)c2C)CC1. The molecule has 1 fully saturated rings. The van der Waals surface area contributed by atoms with Crippen LogP contribution >= 0.6 is 0 Å². The number of likely N-dealkylation sites (tertiary alicyclic amines) is 1. The molecular weight excluding hydrogens is 282 g/mol. The lowest BCUT2D eigenvalue weighted by Gasteiger charge is -2.34. The highest BCUT2D eigenvalue weighted by Crippen LogP contribution is 2.25. The van der Waals surface area contributed by atoms with Crippen LogP contribution in [0.4, 0.5) is 0 Å². The molecule has 0 aliphatic carbocycles. The van der Waals surface area contributed by atoms with E-state index in [1.165, 1.54) is 6.20 Å². The number of nitrogens with zero attached hydrogens (tertiary/aromatic N) is 3. The molecule has 0 spiro atoms. The summed E-state index contributed by atoms with van der Waals surface area (Å²) in [7, 11) is 0. The standard InChI is InChI=1S/C16H25N3O3/c1-4-5-11(2)15(20)18-8-6-13(7-9-18)19-12(3)14(10-17-19)16(21)22/h10-11,13H,4-9H2,1-3H3,(H,21,22). The van der Waals surface area contributed by atoms with Gasteiger partial charge in [0, 0.05) is 19.0 Å². The second kappa shape index (κ2) is 6.94. The van der Waals surface area contributed by atoms with E-state index in [-0.39, 0.29) is 23.4 Å². The van der Waals surface area contributed by atoms with Crippen LogP contribution < -0.4 is 0 Å². The smallest absolute Gasteiger partial charge is 0.339 e. The summed E-state index contributed by atoms with van der Waals surface area (Å²) in [5.41, 5.74) is 0.951. The summed E-state index contributed by atoms with van der Waals surface area (Å²) in [5, 5.41) is 13.3. The lowest BCUT2D eigenvalue weighted by molar-refractivity contribution is -0.136. The molecule has 122 valence electrons. The van der Waals surface area contributed by atoms with Gasteiger partial charge in [0.25, 0.3) is 0 Å². The third-order valence-corrected chi connectivity index (χ3v) is 4.54. The van der Waals surface area contributed by atoms with Crippen LogP contribution in [0.25, 0.3) is 0 Å². The van der Waals surface area contributed by atoms with Gasteiger partial charge in [0.1, 0.15) is 5.56 Å². The number of aromatic nitrogens is 2. The van der Waals surface area contributed by atoms with E-state index in [0.29, 0.717) is 5.69 Å². The van der Waals surface area contributed by atoms with Crippen molar-refractivity contribution in [3.05, 3.63) is 17.5 Å². The fraction of sp³-hybridized carbons (Fsp3) is 0.688. The number of piperidine rings is 1. The lowest BCUT2D eigenvalue weighted by atomic mass is 10.00. The van der Waals surface area contributed by atoms with Crippen molar-refractivity contribution in [3.8, 4) is 0 Å². The predicted molar refractivity (Wildman–Crippen MR) is 82.8 cm³/mol. The number of carbonyl (C=O) groups is 2. The van der Waals surface area contributed by atoms with Crippen molar-refractivity contribution in [1.29, 1.82) is 0 Å². The van der Waals surface area contributed by atoms with E-state index < -0.39 is 5.97 Å². The maximum absolute atomic E-state index is 12.3. The monoisotopic (exact) mass is 307 g/mol.